The maximum Gasteiger partial charge on any atom is 0.0471 e. The van der Waals surface area contributed by atoms with Gasteiger partial charge in [0, 0.05) is 36.4 Å². The molecule has 2 fully saturated rings. The minimum Gasteiger partial charge on any atom is -0.371 e. The summed E-state index contributed by atoms with van der Waals surface area (Å²) in [6.45, 7) is 5.48. The summed E-state index contributed by atoms with van der Waals surface area (Å²) in [4.78, 5) is 2.50. The summed E-state index contributed by atoms with van der Waals surface area (Å²) in [5, 5.41) is 4.44. The number of anilines is 1. The minimum absolute atomic E-state index is 0.734. The molecule has 3 heteroatoms. The third kappa shape index (κ3) is 3.89. The standard InChI is InChI=1S/C17H25ClN2/c1-2-9-20(12-13-3-4-13)16-8-5-14(17(18)10-16)11-19-15-6-7-15/h5,8,10,13,15,19H,2-4,6-7,9,11-12H2,1H3. The molecule has 0 heterocycles. The number of nitrogens with one attached hydrogen (secondary N) is 1. The number of hydrogen-bond acceptors (Lipinski definition) is 2. The summed E-state index contributed by atoms with van der Waals surface area (Å²) in [5.74, 6) is 0.913. The summed E-state index contributed by atoms with van der Waals surface area (Å²) in [6.07, 6.45) is 6.63. The molecular formula is C17H25ClN2. The number of hydrogen-bond donors (Lipinski definition) is 1. The Morgan fingerprint density at radius 3 is 2.65 bits per heavy atom. The molecule has 0 aromatic heterocycles. The second kappa shape index (κ2) is 6.36. The Morgan fingerprint density at radius 1 is 1.25 bits per heavy atom. The van der Waals surface area contributed by atoms with Crippen LogP contribution < -0.4 is 10.2 Å². The lowest BCUT2D eigenvalue weighted by Crippen LogP contribution is -2.26. The molecule has 1 aromatic carbocycles. The van der Waals surface area contributed by atoms with Crippen LogP contribution in [0.3, 0.4) is 0 Å². The van der Waals surface area contributed by atoms with Crippen molar-refractivity contribution in [3.63, 3.8) is 0 Å². The van der Waals surface area contributed by atoms with Gasteiger partial charge in [-0.3, -0.25) is 0 Å². The smallest absolute Gasteiger partial charge is 0.0471 e. The first kappa shape index (κ1) is 14.2. The largest absolute Gasteiger partial charge is 0.371 e. The summed E-state index contributed by atoms with van der Waals surface area (Å²) < 4.78 is 0. The Kier molecular flexibility index (Phi) is 4.52. The van der Waals surface area contributed by atoms with Crippen molar-refractivity contribution in [2.24, 2.45) is 5.92 Å². The van der Waals surface area contributed by atoms with Gasteiger partial charge in [0.15, 0.2) is 0 Å². The van der Waals surface area contributed by atoms with Gasteiger partial charge in [0.25, 0.3) is 0 Å². The van der Waals surface area contributed by atoms with Gasteiger partial charge >= 0.3 is 0 Å². The molecule has 1 N–H and O–H groups in total. The molecule has 2 saturated carbocycles. The van der Waals surface area contributed by atoms with E-state index in [1.165, 1.54) is 49.9 Å². The molecule has 0 radical (unpaired) electrons. The third-order valence-electron chi connectivity index (χ3n) is 4.23. The van der Waals surface area contributed by atoms with E-state index in [4.69, 9.17) is 11.6 Å². The zero-order valence-electron chi connectivity index (χ0n) is 12.4. The van der Waals surface area contributed by atoms with E-state index in [1.807, 2.05) is 0 Å². The lowest BCUT2D eigenvalue weighted by molar-refractivity contribution is 0.686. The Bertz CT molecular complexity index is 452. The second-order valence-corrected chi connectivity index (χ2v) is 6.73. The van der Waals surface area contributed by atoms with E-state index in [-0.39, 0.29) is 0 Å². The lowest BCUT2D eigenvalue weighted by Gasteiger charge is -2.25. The third-order valence-corrected chi connectivity index (χ3v) is 4.58. The predicted octanol–water partition coefficient (Wildman–Crippen LogP) is 4.22. The fourth-order valence-corrected chi connectivity index (χ4v) is 2.87. The quantitative estimate of drug-likeness (QED) is 0.772. The molecule has 2 aliphatic carbocycles. The minimum atomic E-state index is 0.734. The fraction of sp³-hybridized carbons (Fsp3) is 0.647. The summed E-state index contributed by atoms with van der Waals surface area (Å²) in [6, 6.07) is 7.33. The Hall–Kier alpha value is -0.730. The van der Waals surface area contributed by atoms with E-state index in [9.17, 15) is 0 Å². The van der Waals surface area contributed by atoms with Gasteiger partial charge in [-0.05, 0) is 55.7 Å². The molecule has 0 aliphatic heterocycles. The molecule has 0 spiro atoms. The van der Waals surface area contributed by atoms with Crippen molar-refractivity contribution >= 4 is 17.3 Å². The SMILES string of the molecule is CCCN(CC1CC1)c1ccc(CNC2CC2)c(Cl)c1. The van der Waals surface area contributed by atoms with Crippen LogP contribution in [-0.2, 0) is 6.54 Å². The lowest BCUT2D eigenvalue weighted by atomic mass is 10.1. The molecule has 0 amide bonds. The molecule has 0 saturated heterocycles. The van der Waals surface area contributed by atoms with Crippen molar-refractivity contribution in [3.8, 4) is 0 Å². The monoisotopic (exact) mass is 292 g/mol. The number of benzene rings is 1. The van der Waals surface area contributed by atoms with Crippen LogP contribution in [0.5, 0.6) is 0 Å². The first-order chi connectivity index (χ1) is 9.76. The van der Waals surface area contributed by atoms with Crippen LogP contribution in [0.25, 0.3) is 0 Å². The van der Waals surface area contributed by atoms with Gasteiger partial charge < -0.3 is 10.2 Å². The highest BCUT2D eigenvalue weighted by Gasteiger charge is 2.24. The second-order valence-electron chi connectivity index (χ2n) is 6.32. The molecule has 0 atom stereocenters. The van der Waals surface area contributed by atoms with Crippen LogP contribution in [0.15, 0.2) is 18.2 Å². The zero-order chi connectivity index (χ0) is 13.9. The molecule has 2 nitrogen and oxygen atoms in total. The molecule has 20 heavy (non-hydrogen) atoms. The maximum atomic E-state index is 6.46. The van der Waals surface area contributed by atoms with Gasteiger partial charge in [-0.25, -0.2) is 0 Å². The van der Waals surface area contributed by atoms with E-state index in [1.54, 1.807) is 0 Å². The highest BCUT2D eigenvalue weighted by molar-refractivity contribution is 6.31. The molecule has 1 aromatic rings. The Balaban J connectivity index is 1.65. The molecular weight excluding hydrogens is 268 g/mol. The molecule has 2 aliphatic rings. The number of nitrogens with zero attached hydrogens (tertiary/aromatic N) is 1. The van der Waals surface area contributed by atoms with Crippen molar-refractivity contribution in [2.45, 2.75) is 51.6 Å². The predicted molar refractivity (Wildman–Crippen MR) is 86.5 cm³/mol. The molecule has 0 unspecified atom stereocenters. The van der Waals surface area contributed by atoms with Crippen molar-refractivity contribution in [1.82, 2.24) is 5.32 Å². The summed E-state index contributed by atoms with van der Waals surface area (Å²) in [5.41, 5.74) is 2.52. The van der Waals surface area contributed by atoms with Crippen molar-refractivity contribution in [2.75, 3.05) is 18.0 Å². The van der Waals surface area contributed by atoms with Gasteiger partial charge in [-0.1, -0.05) is 24.6 Å². The molecule has 3 rings (SSSR count). The zero-order valence-corrected chi connectivity index (χ0v) is 13.1. The van der Waals surface area contributed by atoms with Gasteiger partial charge in [0.05, 0.1) is 0 Å². The van der Waals surface area contributed by atoms with Crippen LogP contribution in [0, 0.1) is 5.92 Å². The molecule has 110 valence electrons. The highest BCUT2D eigenvalue weighted by atomic mass is 35.5. The Morgan fingerprint density at radius 2 is 2.05 bits per heavy atom. The van der Waals surface area contributed by atoms with E-state index in [2.05, 4.69) is 35.3 Å². The van der Waals surface area contributed by atoms with Crippen LogP contribution in [0.1, 0.15) is 44.6 Å². The van der Waals surface area contributed by atoms with Crippen LogP contribution in [0.4, 0.5) is 5.69 Å². The maximum absolute atomic E-state index is 6.46. The molecule has 0 bridgehead atoms. The number of rotatable bonds is 8. The van der Waals surface area contributed by atoms with E-state index in [0.717, 1.165) is 30.1 Å². The van der Waals surface area contributed by atoms with Gasteiger partial charge in [-0.2, -0.15) is 0 Å². The topological polar surface area (TPSA) is 15.3 Å². The normalized spacial score (nSPS) is 18.3. The van der Waals surface area contributed by atoms with Gasteiger partial charge in [0.1, 0.15) is 0 Å². The summed E-state index contributed by atoms with van der Waals surface area (Å²) in [7, 11) is 0. The first-order valence-corrected chi connectivity index (χ1v) is 8.41. The van der Waals surface area contributed by atoms with Crippen LogP contribution >= 0.6 is 11.6 Å². The number of halogens is 1. The first-order valence-electron chi connectivity index (χ1n) is 8.03. The van der Waals surface area contributed by atoms with Crippen molar-refractivity contribution in [3.05, 3.63) is 28.8 Å². The Labute approximate surface area is 127 Å². The highest BCUT2D eigenvalue weighted by Crippen LogP contribution is 2.33. The van der Waals surface area contributed by atoms with Crippen molar-refractivity contribution < 1.29 is 0 Å². The average molecular weight is 293 g/mol. The van der Waals surface area contributed by atoms with E-state index < -0.39 is 0 Å². The van der Waals surface area contributed by atoms with Crippen LogP contribution in [-0.4, -0.2) is 19.1 Å². The fourth-order valence-electron chi connectivity index (χ4n) is 2.63. The van der Waals surface area contributed by atoms with E-state index in [0.29, 0.717) is 0 Å². The van der Waals surface area contributed by atoms with Gasteiger partial charge in [0.2, 0.25) is 0 Å². The van der Waals surface area contributed by atoms with Crippen molar-refractivity contribution in [1.29, 1.82) is 0 Å². The van der Waals surface area contributed by atoms with Crippen LogP contribution in [0.2, 0.25) is 5.02 Å². The van der Waals surface area contributed by atoms with Gasteiger partial charge in [-0.15, -0.1) is 0 Å². The van der Waals surface area contributed by atoms with E-state index >= 15 is 0 Å². The average Bonchev–Trinajstić information content (AvgIpc) is 3.31. The summed E-state index contributed by atoms with van der Waals surface area (Å²) >= 11 is 6.46.